The molecule has 0 unspecified atom stereocenters. The summed E-state index contributed by atoms with van der Waals surface area (Å²) in [5, 5.41) is 0. The van der Waals surface area contributed by atoms with Gasteiger partial charge >= 0.3 is 5.97 Å². The smallest absolute Gasteiger partial charge is 0.340 e. The average molecular weight is 523 g/mol. The lowest BCUT2D eigenvalue weighted by Gasteiger charge is -2.38. The van der Waals surface area contributed by atoms with Gasteiger partial charge in [-0.3, -0.25) is 9.11 Å². The van der Waals surface area contributed by atoms with Crippen LogP contribution in [0.2, 0.25) is 0 Å². The SMILES string of the molecule is C=CC1=C(C=C)C2(OC1=O)c1ccc(N)c(S(=O)(=O)O)c1Oc1c2ccc(N)c1S(=O)(=O)O.CC. The van der Waals surface area contributed by atoms with Crippen molar-refractivity contribution in [3.63, 3.8) is 0 Å². The van der Waals surface area contributed by atoms with Crippen LogP contribution in [0.1, 0.15) is 25.0 Å². The van der Waals surface area contributed by atoms with Crippen molar-refractivity contribution >= 4 is 37.6 Å². The standard InChI is InChI=1S/C20H16N2O9S2.C2H6/c1-3-9-10(4-2)20(31-19(9)23)11-5-7-13(21)17(32(24,25)26)15(11)30-16-12(20)6-8-14(22)18(16)33(27,28)29;1-2/h3-8H,1-2,21-22H2,(H,24,25,26)(H,27,28,29);1-2H3. The van der Waals surface area contributed by atoms with Gasteiger partial charge in [0, 0.05) is 16.7 Å². The van der Waals surface area contributed by atoms with Crippen molar-refractivity contribution in [2.75, 3.05) is 11.5 Å². The first-order valence-electron chi connectivity index (χ1n) is 10.0. The van der Waals surface area contributed by atoms with E-state index in [9.17, 15) is 30.7 Å². The molecule has 6 N–H and O–H groups in total. The molecule has 11 nitrogen and oxygen atoms in total. The third-order valence-electron chi connectivity index (χ3n) is 5.31. The van der Waals surface area contributed by atoms with Gasteiger partial charge in [-0.2, -0.15) is 16.8 Å². The molecule has 0 saturated heterocycles. The van der Waals surface area contributed by atoms with Gasteiger partial charge in [-0.25, -0.2) is 4.79 Å². The second-order valence-corrected chi connectivity index (χ2v) is 9.80. The van der Waals surface area contributed by atoms with E-state index in [0.717, 1.165) is 12.1 Å². The Kier molecular flexibility index (Phi) is 6.33. The fourth-order valence-electron chi connectivity index (χ4n) is 4.09. The number of benzene rings is 2. The molecular formula is C22H22N2O9S2. The zero-order chi connectivity index (χ0) is 26.5. The predicted octanol–water partition coefficient (Wildman–Crippen LogP) is 2.95. The molecule has 0 atom stereocenters. The second-order valence-electron chi connectivity index (χ2n) is 7.08. The number of ether oxygens (including phenoxy) is 2. The molecule has 0 aromatic heterocycles. The van der Waals surface area contributed by atoms with Gasteiger partial charge in [-0.1, -0.05) is 39.2 Å². The van der Waals surface area contributed by atoms with Crippen molar-refractivity contribution in [1.82, 2.24) is 0 Å². The summed E-state index contributed by atoms with van der Waals surface area (Å²) in [5.74, 6) is -2.13. The summed E-state index contributed by atoms with van der Waals surface area (Å²) in [6.07, 6.45) is 2.43. The summed E-state index contributed by atoms with van der Waals surface area (Å²) in [4.78, 5) is 10.9. The zero-order valence-electron chi connectivity index (χ0n) is 18.6. The molecule has 2 aliphatic heterocycles. The van der Waals surface area contributed by atoms with Crippen LogP contribution in [0.15, 0.2) is 70.5 Å². The topological polar surface area (TPSA) is 196 Å². The first kappa shape index (κ1) is 26.0. The molecule has 0 fully saturated rings. The fourth-order valence-corrected chi connectivity index (χ4v) is 5.59. The third kappa shape index (κ3) is 3.69. The van der Waals surface area contributed by atoms with Gasteiger partial charge < -0.3 is 20.9 Å². The predicted molar refractivity (Wildman–Crippen MR) is 127 cm³/mol. The van der Waals surface area contributed by atoms with Gasteiger partial charge in [0.05, 0.1) is 16.9 Å². The number of nitrogens with two attached hydrogens (primary N) is 2. The minimum Gasteiger partial charge on any atom is -0.453 e. The monoisotopic (exact) mass is 522 g/mol. The molecule has 13 heteroatoms. The number of rotatable bonds is 4. The molecule has 2 aromatic carbocycles. The van der Waals surface area contributed by atoms with Crippen LogP contribution in [-0.4, -0.2) is 31.9 Å². The molecular weight excluding hydrogens is 500 g/mol. The van der Waals surface area contributed by atoms with Crippen molar-refractivity contribution in [3.8, 4) is 11.5 Å². The maximum absolute atomic E-state index is 12.7. The van der Waals surface area contributed by atoms with Crippen molar-refractivity contribution in [1.29, 1.82) is 0 Å². The van der Waals surface area contributed by atoms with Crippen LogP contribution in [0.3, 0.4) is 0 Å². The van der Waals surface area contributed by atoms with Crippen molar-refractivity contribution < 1.29 is 40.2 Å². The highest BCUT2D eigenvalue weighted by Crippen LogP contribution is 2.60. The van der Waals surface area contributed by atoms with Crippen LogP contribution < -0.4 is 16.2 Å². The first-order chi connectivity index (χ1) is 16.3. The molecule has 35 heavy (non-hydrogen) atoms. The van der Waals surface area contributed by atoms with Crippen molar-refractivity contribution in [3.05, 3.63) is 71.8 Å². The highest BCUT2D eigenvalue weighted by atomic mass is 32.2. The molecule has 2 aromatic rings. The maximum atomic E-state index is 12.7. The van der Waals surface area contributed by atoms with E-state index < -0.39 is 64.5 Å². The normalized spacial score (nSPS) is 15.8. The Labute approximate surface area is 201 Å². The van der Waals surface area contributed by atoms with Crippen molar-refractivity contribution in [2.24, 2.45) is 0 Å². The largest absolute Gasteiger partial charge is 0.453 e. The Morgan fingerprint density at radius 1 is 0.857 bits per heavy atom. The van der Waals surface area contributed by atoms with Crippen LogP contribution >= 0.6 is 0 Å². The molecule has 2 heterocycles. The quantitative estimate of drug-likeness (QED) is 0.262. The Hall–Kier alpha value is -3.65. The number of carbonyl (C=O) groups is 1. The first-order valence-corrected chi connectivity index (χ1v) is 12.9. The van der Waals surface area contributed by atoms with Gasteiger partial charge in [0.2, 0.25) is 0 Å². The number of carbonyl (C=O) groups excluding carboxylic acids is 1. The lowest BCUT2D eigenvalue weighted by molar-refractivity contribution is -0.144. The van der Waals surface area contributed by atoms with E-state index in [1.165, 1.54) is 24.3 Å². The Bertz CT molecular complexity index is 1450. The number of hydrogen-bond acceptors (Lipinski definition) is 9. The second kappa shape index (κ2) is 8.53. The van der Waals surface area contributed by atoms with E-state index in [-0.39, 0.29) is 22.3 Å². The van der Waals surface area contributed by atoms with Crippen molar-refractivity contribution in [2.45, 2.75) is 29.2 Å². The van der Waals surface area contributed by atoms with Crippen LogP contribution in [0.4, 0.5) is 11.4 Å². The summed E-state index contributed by atoms with van der Waals surface area (Å²) in [7, 11) is -10.1. The van der Waals surface area contributed by atoms with E-state index in [1.807, 2.05) is 13.8 Å². The van der Waals surface area contributed by atoms with E-state index in [2.05, 4.69) is 13.2 Å². The molecule has 0 aliphatic carbocycles. The Morgan fingerprint density at radius 3 is 1.63 bits per heavy atom. The van der Waals surface area contributed by atoms with Gasteiger partial charge in [-0.15, -0.1) is 0 Å². The summed E-state index contributed by atoms with van der Waals surface area (Å²) in [6.45, 7) is 11.3. The molecule has 0 amide bonds. The molecule has 0 radical (unpaired) electrons. The zero-order valence-corrected chi connectivity index (χ0v) is 20.2. The molecule has 0 saturated carbocycles. The van der Waals surface area contributed by atoms with Crippen LogP contribution in [0.25, 0.3) is 0 Å². The molecule has 0 bridgehead atoms. The maximum Gasteiger partial charge on any atom is 0.340 e. The number of esters is 1. The Balaban J connectivity index is 0.00000167. The van der Waals surface area contributed by atoms with E-state index >= 15 is 0 Å². The lowest BCUT2D eigenvalue weighted by Crippen LogP contribution is -2.35. The summed E-state index contributed by atoms with van der Waals surface area (Å²) in [6, 6.07) is 4.85. The molecule has 1 spiro atoms. The number of anilines is 2. The van der Waals surface area contributed by atoms with Gasteiger partial charge in [0.15, 0.2) is 26.9 Å². The summed E-state index contributed by atoms with van der Waals surface area (Å²) >= 11 is 0. The molecule has 4 rings (SSSR count). The summed E-state index contributed by atoms with van der Waals surface area (Å²) in [5.41, 5.74) is 8.48. The lowest BCUT2D eigenvalue weighted by atomic mass is 9.77. The highest BCUT2D eigenvalue weighted by molar-refractivity contribution is 7.86. The van der Waals surface area contributed by atoms with Crippen LogP contribution in [-0.2, 0) is 35.4 Å². The number of fused-ring (bicyclic) bond motifs is 4. The van der Waals surface area contributed by atoms with E-state index in [0.29, 0.717) is 0 Å². The third-order valence-corrected chi connectivity index (χ3v) is 7.18. The van der Waals surface area contributed by atoms with E-state index in [1.54, 1.807) is 0 Å². The minimum atomic E-state index is -5.03. The minimum absolute atomic E-state index is 0.0424. The van der Waals surface area contributed by atoms with Crippen LogP contribution in [0.5, 0.6) is 11.5 Å². The van der Waals surface area contributed by atoms with Gasteiger partial charge in [0.25, 0.3) is 20.2 Å². The number of nitrogen functional groups attached to an aromatic ring is 2. The average Bonchev–Trinajstić information content (AvgIpc) is 3.04. The van der Waals surface area contributed by atoms with E-state index in [4.69, 9.17) is 20.9 Å². The number of hydrogen-bond donors (Lipinski definition) is 4. The van der Waals surface area contributed by atoms with Gasteiger partial charge in [0.1, 0.15) is 0 Å². The summed E-state index contributed by atoms with van der Waals surface area (Å²) < 4.78 is 79.7. The molecule has 2 aliphatic rings. The van der Waals surface area contributed by atoms with Crippen LogP contribution in [0, 0.1) is 0 Å². The van der Waals surface area contributed by atoms with Gasteiger partial charge in [-0.05, 0) is 24.3 Å². The Morgan fingerprint density at radius 2 is 1.29 bits per heavy atom. The fraction of sp³-hybridized carbons (Fsp3) is 0.136. The highest BCUT2D eigenvalue weighted by Gasteiger charge is 2.55. The molecule has 186 valence electrons.